The van der Waals surface area contributed by atoms with E-state index in [0.717, 1.165) is 56.8 Å². The van der Waals surface area contributed by atoms with Crippen molar-refractivity contribution in [2.45, 2.75) is 57.6 Å². The number of aromatic nitrogens is 3. The molecule has 180 valence electrons. The quantitative estimate of drug-likeness (QED) is 0.369. The van der Waals surface area contributed by atoms with Crippen molar-refractivity contribution in [3.8, 4) is 0 Å². The molecule has 0 saturated heterocycles. The van der Waals surface area contributed by atoms with Gasteiger partial charge in [-0.1, -0.05) is 6.07 Å². The SMILES string of the molecule is COC(C)CN(CCCCc1ccc2c(n1)NCCC2)CCC(Nc1ccncn1)C(=O)O. The number of hydrogen-bond donors (Lipinski definition) is 3. The van der Waals surface area contributed by atoms with Crippen LogP contribution in [0.25, 0.3) is 0 Å². The van der Waals surface area contributed by atoms with Gasteiger partial charge in [0.1, 0.15) is 24.0 Å². The maximum Gasteiger partial charge on any atom is 0.326 e. The maximum atomic E-state index is 11.8. The van der Waals surface area contributed by atoms with Gasteiger partial charge in [0.25, 0.3) is 0 Å². The first kappa shape index (κ1) is 24.9. The lowest BCUT2D eigenvalue weighted by Crippen LogP contribution is -2.38. The second kappa shape index (κ2) is 13.1. The van der Waals surface area contributed by atoms with Gasteiger partial charge in [-0.25, -0.2) is 19.7 Å². The van der Waals surface area contributed by atoms with E-state index in [-0.39, 0.29) is 6.10 Å². The van der Waals surface area contributed by atoms with Gasteiger partial charge in [-0.2, -0.15) is 0 Å². The van der Waals surface area contributed by atoms with Crippen LogP contribution in [-0.2, 0) is 22.4 Å². The van der Waals surface area contributed by atoms with Gasteiger partial charge in [-0.3, -0.25) is 0 Å². The van der Waals surface area contributed by atoms with Crippen LogP contribution in [0.3, 0.4) is 0 Å². The number of unbranched alkanes of at least 4 members (excludes halogenated alkanes) is 1. The Hall–Kier alpha value is -2.78. The predicted octanol–water partition coefficient (Wildman–Crippen LogP) is 2.84. The van der Waals surface area contributed by atoms with E-state index in [2.05, 4.69) is 37.6 Å². The molecule has 0 saturated carbocycles. The molecule has 0 aliphatic carbocycles. The second-order valence-corrected chi connectivity index (χ2v) is 8.56. The van der Waals surface area contributed by atoms with Crippen LogP contribution < -0.4 is 10.6 Å². The normalized spacial score (nSPS) is 14.9. The summed E-state index contributed by atoms with van der Waals surface area (Å²) in [6.45, 7) is 5.34. The molecule has 9 heteroatoms. The predicted molar refractivity (Wildman–Crippen MR) is 129 cm³/mol. The highest BCUT2D eigenvalue weighted by atomic mass is 16.5. The Morgan fingerprint density at radius 2 is 2.18 bits per heavy atom. The molecule has 0 aromatic carbocycles. The summed E-state index contributed by atoms with van der Waals surface area (Å²) in [5.41, 5.74) is 2.44. The minimum Gasteiger partial charge on any atom is -0.480 e. The molecular weight excluding hydrogens is 420 g/mol. The molecule has 2 atom stereocenters. The molecule has 1 aliphatic rings. The fourth-order valence-corrected chi connectivity index (χ4v) is 4.01. The zero-order chi connectivity index (χ0) is 23.5. The average molecular weight is 457 g/mol. The highest BCUT2D eigenvalue weighted by molar-refractivity contribution is 5.76. The summed E-state index contributed by atoms with van der Waals surface area (Å²) in [4.78, 5) is 26.8. The first-order valence-corrected chi connectivity index (χ1v) is 11.8. The number of pyridine rings is 1. The number of aryl methyl sites for hydroxylation is 2. The summed E-state index contributed by atoms with van der Waals surface area (Å²) in [6.07, 6.45) is 8.80. The van der Waals surface area contributed by atoms with Crippen LogP contribution in [0.5, 0.6) is 0 Å². The minimum absolute atomic E-state index is 0.0801. The molecule has 1 aliphatic heterocycles. The molecule has 2 unspecified atom stereocenters. The largest absolute Gasteiger partial charge is 0.480 e. The fraction of sp³-hybridized carbons (Fsp3) is 0.583. The van der Waals surface area contributed by atoms with Crippen LogP contribution in [0.15, 0.2) is 30.7 Å². The Morgan fingerprint density at radius 1 is 1.30 bits per heavy atom. The molecular formula is C24H36N6O3. The van der Waals surface area contributed by atoms with E-state index in [1.807, 2.05) is 6.92 Å². The van der Waals surface area contributed by atoms with Crippen molar-refractivity contribution < 1.29 is 14.6 Å². The van der Waals surface area contributed by atoms with Crippen LogP contribution >= 0.6 is 0 Å². The average Bonchev–Trinajstić information content (AvgIpc) is 2.84. The summed E-state index contributed by atoms with van der Waals surface area (Å²) >= 11 is 0. The summed E-state index contributed by atoms with van der Waals surface area (Å²) < 4.78 is 5.45. The Labute approximate surface area is 196 Å². The number of aliphatic carboxylic acids is 1. The van der Waals surface area contributed by atoms with Gasteiger partial charge in [0, 0.05) is 38.6 Å². The van der Waals surface area contributed by atoms with E-state index in [4.69, 9.17) is 9.72 Å². The first-order chi connectivity index (χ1) is 16.0. The molecule has 3 rings (SSSR count). The molecule has 0 bridgehead atoms. The van der Waals surface area contributed by atoms with Crippen molar-refractivity contribution in [3.05, 3.63) is 42.0 Å². The van der Waals surface area contributed by atoms with Crippen LogP contribution in [0.4, 0.5) is 11.6 Å². The van der Waals surface area contributed by atoms with Crippen molar-refractivity contribution in [3.63, 3.8) is 0 Å². The molecule has 0 radical (unpaired) electrons. The third kappa shape index (κ3) is 8.25. The van der Waals surface area contributed by atoms with E-state index in [0.29, 0.717) is 18.8 Å². The number of nitrogens with zero attached hydrogens (tertiary/aromatic N) is 4. The number of carboxylic acids is 1. The van der Waals surface area contributed by atoms with Crippen molar-refractivity contribution in [1.82, 2.24) is 19.9 Å². The number of anilines is 2. The third-order valence-electron chi connectivity index (χ3n) is 5.96. The van der Waals surface area contributed by atoms with E-state index in [1.165, 1.54) is 18.3 Å². The number of methoxy groups -OCH3 is 1. The van der Waals surface area contributed by atoms with Gasteiger partial charge in [0.15, 0.2) is 0 Å². The Morgan fingerprint density at radius 3 is 2.94 bits per heavy atom. The van der Waals surface area contributed by atoms with E-state index < -0.39 is 12.0 Å². The molecule has 2 aromatic rings. The van der Waals surface area contributed by atoms with Crippen LogP contribution in [0.2, 0.25) is 0 Å². The maximum absolute atomic E-state index is 11.8. The van der Waals surface area contributed by atoms with Gasteiger partial charge < -0.3 is 25.4 Å². The molecule has 33 heavy (non-hydrogen) atoms. The molecule has 0 fully saturated rings. The number of hydrogen-bond acceptors (Lipinski definition) is 8. The Kier molecular flexibility index (Phi) is 9.83. The zero-order valence-electron chi connectivity index (χ0n) is 19.7. The number of rotatable bonds is 14. The van der Waals surface area contributed by atoms with Crippen LogP contribution in [-0.4, -0.2) is 76.4 Å². The van der Waals surface area contributed by atoms with E-state index >= 15 is 0 Å². The second-order valence-electron chi connectivity index (χ2n) is 8.56. The highest BCUT2D eigenvalue weighted by Crippen LogP contribution is 2.20. The molecule has 3 N–H and O–H groups in total. The van der Waals surface area contributed by atoms with Crippen molar-refractivity contribution >= 4 is 17.6 Å². The van der Waals surface area contributed by atoms with E-state index in [9.17, 15) is 9.90 Å². The standard InChI is InChI=1S/C24H36N6O3/c1-18(33-2)16-30(15-11-21(24(31)32)29-22-10-13-25-17-27-22)14-4-3-7-20-9-8-19-6-5-12-26-23(19)28-20/h8-10,13,17-18,21H,3-7,11-12,14-16H2,1-2H3,(H,26,28)(H,31,32)(H,25,27,29). The number of carboxylic acid groups (broad SMARTS) is 1. The smallest absolute Gasteiger partial charge is 0.326 e. The summed E-state index contributed by atoms with van der Waals surface area (Å²) in [7, 11) is 1.70. The van der Waals surface area contributed by atoms with Gasteiger partial charge in [0.2, 0.25) is 0 Å². The molecule has 9 nitrogen and oxygen atoms in total. The van der Waals surface area contributed by atoms with Gasteiger partial charge >= 0.3 is 5.97 Å². The number of ether oxygens (including phenoxy) is 1. The molecule has 0 spiro atoms. The van der Waals surface area contributed by atoms with Crippen molar-refractivity contribution in [2.24, 2.45) is 0 Å². The van der Waals surface area contributed by atoms with Crippen molar-refractivity contribution in [1.29, 1.82) is 0 Å². The van der Waals surface area contributed by atoms with Gasteiger partial charge in [-0.15, -0.1) is 0 Å². The molecule has 0 amide bonds. The number of nitrogens with one attached hydrogen (secondary N) is 2. The Bertz CT molecular complexity index is 867. The van der Waals surface area contributed by atoms with Gasteiger partial charge in [-0.05, 0) is 69.7 Å². The molecule has 3 heterocycles. The zero-order valence-corrected chi connectivity index (χ0v) is 19.7. The third-order valence-corrected chi connectivity index (χ3v) is 5.96. The van der Waals surface area contributed by atoms with E-state index in [1.54, 1.807) is 19.4 Å². The fourth-order valence-electron chi connectivity index (χ4n) is 4.01. The van der Waals surface area contributed by atoms with Crippen molar-refractivity contribution in [2.75, 3.05) is 43.9 Å². The summed E-state index contributed by atoms with van der Waals surface area (Å²) in [5, 5.41) is 16.0. The first-order valence-electron chi connectivity index (χ1n) is 11.8. The molecule has 2 aromatic heterocycles. The number of carbonyl (C=O) groups is 1. The minimum atomic E-state index is -0.888. The lowest BCUT2D eigenvalue weighted by molar-refractivity contribution is -0.138. The Balaban J connectivity index is 1.48. The summed E-state index contributed by atoms with van der Waals surface area (Å²) in [5.74, 6) is 0.673. The number of fused-ring (bicyclic) bond motifs is 1. The lowest BCUT2D eigenvalue weighted by atomic mass is 10.1. The van der Waals surface area contributed by atoms with Crippen LogP contribution in [0.1, 0.15) is 43.9 Å². The monoisotopic (exact) mass is 456 g/mol. The topological polar surface area (TPSA) is 113 Å². The lowest BCUT2D eigenvalue weighted by Gasteiger charge is -2.26. The van der Waals surface area contributed by atoms with Crippen LogP contribution in [0, 0.1) is 0 Å². The summed E-state index contributed by atoms with van der Waals surface area (Å²) in [6, 6.07) is 5.30. The van der Waals surface area contributed by atoms with Gasteiger partial charge in [0.05, 0.1) is 6.10 Å². The highest BCUT2D eigenvalue weighted by Gasteiger charge is 2.20.